The highest BCUT2D eigenvalue weighted by molar-refractivity contribution is 7.89. The summed E-state index contributed by atoms with van der Waals surface area (Å²) in [6.07, 6.45) is 0.371. The van der Waals surface area contributed by atoms with Crippen LogP contribution >= 0.6 is 0 Å². The van der Waals surface area contributed by atoms with Gasteiger partial charge < -0.3 is 14.3 Å². The molecule has 8 nitrogen and oxygen atoms in total. The molecule has 0 saturated carbocycles. The van der Waals surface area contributed by atoms with Crippen molar-refractivity contribution in [1.82, 2.24) is 4.98 Å². The van der Waals surface area contributed by atoms with Crippen LogP contribution in [-0.2, 0) is 16.4 Å². The van der Waals surface area contributed by atoms with Crippen LogP contribution in [0.5, 0.6) is 5.75 Å². The molecule has 0 atom stereocenters. The van der Waals surface area contributed by atoms with Crippen molar-refractivity contribution >= 4 is 16.0 Å². The third kappa shape index (κ3) is 5.28. The number of hydrogen-bond donors (Lipinski definition) is 2. The van der Waals surface area contributed by atoms with Crippen LogP contribution in [-0.4, -0.2) is 31.1 Å². The first-order chi connectivity index (χ1) is 15.8. The number of sulfonamides is 1. The number of carboxylic acid groups (broad SMARTS) is 1. The van der Waals surface area contributed by atoms with Crippen LogP contribution in [0.1, 0.15) is 16.2 Å². The summed E-state index contributed by atoms with van der Waals surface area (Å²) in [6.45, 7) is 0.269. The first-order valence-electron chi connectivity index (χ1n) is 9.96. The molecule has 168 valence electrons. The summed E-state index contributed by atoms with van der Waals surface area (Å²) in [4.78, 5) is 15.6. The standard InChI is InChI=1S/C24H20N2O6S/c25-33(29,30)20-12-8-17(9-13-20)23-22(16-4-2-1-3-5-16)26-21(32-23)14-15-31-19-10-6-18(7-11-19)24(27)28/h1-13H,14-15H2,(H,27,28)(H2,25,29,30). The lowest BCUT2D eigenvalue weighted by atomic mass is 10.1. The molecule has 0 aliphatic heterocycles. The van der Waals surface area contributed by atoms with Gasteiger partial charge in [-0.05, 0) is 48.5 Å². The molecular formula is C24H20N2O6S. The molecule has 0 amide bonds. The van der Waals surface area contributed by atoms with E-state index in [0.29, 0.717) is 35.1 Å². The fourth-order valence-corrected chi connectivity index (χ4v) is 3.72. The van der Waals surface area contributed by atoms with Crippen LogP contribution < -0.4 is 9.88 Å². The lowest BCUT2D eigenvalue weighted by Gasteiger charge is -2.04. The van der Waals surface area contributed by atoms with Gasteiger partial charge in [0.25, 0.3) is 0 Å². The number of oxazole rings is 1. The van der Waals surface area contributed by atoms with E-state index in [1.807, 2.05) is 30.3 Å². The van der Waals surface area contributed by atoms with Crippen LogP contribution in [0, 0.1) is 0 Å². The third-order valence-corrected chi connectivity index (χ3v) is 5.78. The molecule has 1 aromatic heterocycles. The van der Waals surface area contributed by atoms with Crippen molar-refractivity contribution in [2.24, 2.45) is 5.14 Å². The molecular weight excluding hydrogens is 444 g/mol. The molecule has 0 spiro atoms. The number of hydrogen-bond acceptors (Lipinski definition) is 6. The Labute approximate surface area is 190 Å². The zero-order valence-corrected chi connectivity index (χ0v) is 18.2. The van der Waals surface area contributed by atoms with E-state index in [2.05, 4.69) is 4.98 Å². The minimum atomic E-state index is -3.80. The van der Waals surface area contributed by atoms with Crippen LogP contribution in [0.25, 0.3) is 22.6 Å². The summed E-state index contributed by atoms with van der Waals surface area (Å²) < 4.78 is 34.8. The van der Waals surface area contributed by atoms with E-state index in [0.717, 1.165) is 5.56 Å². The molecule has 4 rings (SSSR count). The van der Waals surface area contributed by atoms with E-state index >= 15 is 0 Å². The van der Waals surface area contributed by atoms with Gasteiger partial charge in [0, 0.05) is 11.1 Å². The van der Waals surface area contributed by atoms with Gasteiger partial charge in [0.05, 0.1) is 23.5 Å². The van der Waals surface area contributed by atoms with Crippen molar-refractivity contribution < 1.29 is 27.5 Å². The fraction of sp³-hybridized carbons (Fsp3) is 0.0833. The zero-order chi connectivity index (χ0) is 23.4. The first kappa shape index (κ1) is 22.3. The van der Waals surface area contributed by atoms with E-state index in [4.69, 9.17) is 19.4 Å². The summed E-state index contributed by atoms with van der Waals surface area (Å²) in [7, 11) is -3.80. The van der Waals surface area contributed by atoms with Crippen LogP contribution in [0.3, 0.4) is 0 Å². The summed E-state index contributed by atoms with van der Waals surface area (Å²) in [5, 5.41) is 14.2. The minimum absolute atomic E-state index is 0.00886. The number of nitrogens with two attached hydrogens (primary N) is 1. The number of carboxylic acids is 1. The van der Waals surface area contributed by atoms with Gasteiger partial charge in [-0.3, -0.25) is 0 Å². The second-order valence-electron chi connectivity index (χ2n) is 7.15. The minimum Gasteiger partial charge on any atom is -0.493 e. The van der Waals surface area contributed by atoms with Gasteiger partial charge >= 0.3 is 5.97 Å². The molecule has 1 heterocycles. The van der Waals surface area contributed by atoms with Crippen molar-refractivity contribution in [3.63, 3.8) is 0 Å². The Balaban J connectivity index is 1.57. The predicted molar refractivity (Wildman–Crippen MR) is 121 cm³/mol. The van der Waals surface area contributed by atoms with Gasteiger partial charge in [0.1, 0.15) is 11.4 Å². The average molecular weight is 464 g/mol. The van der Waals surface area contributed by atoms with Crippen LogP contribution in [0.4, 0.5) is 0 Å². The van der Waals surface area contributed by atoms with Gasteiger partial charge in [-0.25, -0.2) is 23.3 Å². The Morgan fingerprint density at radius 2 is 1.61 bits per heavy atom. The van der Waals surface area contributed by atoms with Crippen LogP contribution in [0.15, 0.2) is 88.2 Å². The normalized spacial score (nSPS) is 11.3. The molecule has 4 aromatic rings. The second kappa shape index (κ2) is 9.27. The summed E-state index contributed by atoms with van der Waals surface area (Å²) in [5.74, 6) is 0.484. The van der Waals surface area contributed by atoms with E-state index in [1.54, 1.807) is 24.3 Å². The molecule has 0 aliphatic rings. The van der Waals surface area contributed by atoms with E-state index in [9.17, 15) is 13.2 Å². The summed E-state index contributed by atoms with van der Waals surface area (Å²) in [6, 6.07) is 21.7. The maximum Gasteiger partial charge on any atom is 0.335 e. The molecule has 0 radical (unpaired) electrons. The number of aromatic nitrogens is 1. The van der Waals surface area contributed by atoms with Crippen molar-refractivity contribution in [2.75, 3.05) is 6.61 Å². The van der Waals surface area contributed by atoms with Gasteiger partial charge in [-0.1, -0.05) is 30.3 Å². The number of carbonyl (C=O) groups is 1. The largest absolute Gasteiger partial charge is 0.493 e. The molecule has 9 heteroatoms. The molecule has 33 heavy (non-hydrogen) atoms. The van der Waals surface area contributed by atoms with Crippen molar-refractivity contribution in [2.45, 2.75) is 11.3 Å². The van der Waals surface area contributed by atoms with Gasteiger partial charge in [-0.2, -0.15) is 0 Å². The lowest BCUT2D eigenvalue weighted by molar-refractivity contribution is 0.0697. The van der Waals surface area contributed by atoms with Crippen LogP contribution in [0.2, 0.25) is 0 Å². The molecule has 0 aliphatic carbocycles. The number of ether oxygens (including phenoxy) is 1. The predicted octanol–water partition coefficient (Wildman–Crippen LogP) is 3.98. The van der Waals surface area contributed by atoms with Gasteiger partial charge in [0.2, 0.25) is 10.0 Å². The van der Waals surface area contributed by atoms with E-state index < -0.39 is 16.0 Å². The highest BCUT2D eigenvalue weighted by atomic mass is 32.2. The van der Waals surface area contributed by atoms with Crippen molar-refractivity contribution in [3.8, 4) is 28.3 Å². The zero-order valence-electron chi connectivity index (χ0n) is 17.3. The summed E-state index contributed by atoms with van der Waals surface area (Å²) in [5.41, 5.74) is 2.31. The molecule has 0 fully saturated rings. The highest BCUT2D eigenvalue weighted by Crippen LogP contribution is 2.33. The lowest BCUT2D eigenvalue weighted by Crippen LogP contribution is -2.11. The Bertz CT molecular complexity index is 1360. The molecule has 0 saturated heterocycles. The Hall–Kier alpha value is -3.95. The topological polar surface area (TPSA) is 133 Å². The fourth-order valence-electron chi connectivity index (χ4n) is 3.20. The molecule has 3 aromatic carbocycles. The highest BCUT2D eigenvalue weighted by Gasteiger charge is 2.18. The number of primary sulfonamides is 1. The first-order valence-corrected chi connectivity index (χ1v) is 11.5. The van der Waals surface area contributed by atoms with E-state index in [-0.39, 0.29) is 17.1 Å². The SMILES string of the molecule is NS(=O)(=O)c1ccc(-c2oc(CCOc3ccc(C(=O)O)cc3)nc2-c2ccccc2)cc1. The molecule has 0 bridgehead atoms. The third-order valence-electron chi connectivity index (χ3n) is 4.85. The van der Waals surface area contributed by atoms with Crippen molar-refractivity contribution in [1.29, 1.82) is 0 Å². The smallest absolute Gasteiger partial charge is 0.335 e. The quantitative estimate of drug-likeness (QED) is 0.403. The average Bonchev–Trinajstić information content (AvgIpc) is 3.24. The Morgan fingerprint density at radius 3 is 2.21 bits per heavy atom. The molecule has 3 N–H and O–H groups in total. The van der Waals surface area contributed by atoms with Crippen molar-refractivity contribution in [3.05, 3.63) is 90.3 Å². The van der Waals surface area contributed by atoms with E-state index in [1.165, 1.54) is 24.3 Å². The maximum absolute atomic E-state index is 11.6. The second-order valence-corrected chi connectivity index (χ2v) is 8.71. The Morgan fingerprint density at radius 1 is 0.939 bits per heavy atom. The maximum atomic E-state index is 11.6. The van der Waals surface area contributed by atoms with Gasteiger partial charge in [-0.15, -0.1) is 0 Å². The number of benzene rings is 3. The van der Waals surface area contributed by atoms with Gasteiger partial charge in [0.15, 0.2) is 11.7 Å². The number of nitrogens with zero attached hydrogens (tertiary/aromatic N) is 1. The molecule has 0 unspecified atom stereocenters. The number of rotatable bonds is 8. The number of aromatic carboxylic acids is 1. The monoisotopic (exact) mass is 464 g/mol. The summed E-state index contributed by atoms with van der Waals surface area (Å²) >= 11 is 0. The Kier molecular flexibility index (Phi) is 6.25.